The molecule has 1 rings (SSSR count). The number of sulfonamides is 1. The first-order valence-corrected chi connectivity index (χ1v) is 7.87. The highest BCUT2D eigenvalue weighted by Gasteiger charge is 2.04. The van der Waals surface area contributed by atoms with E-state index < -0.39 is 10.0 Å². The molecule has 0 aromatic heterocycles. The summed E-state index contributed by atoms with van der Waals surface area (Å²) in [6, 6.07) is 6.41. The molecule has 9 heteroatoms. The van der Waals surface area contributed by atoms with Crippen molar-refractivity contribution in [2.24, 2.45) is 0 Å². The summed E-state index contributed by atoms with van der Waals surface area (Å²) < 4.78 is 29.3. The Kier molecular flexibility index (Phi) is 8.95. The van der Waals surface area contributed by atoms with E-state index in [-0.39, 0.29) is 24.9 Å². The van der Waals surface area contributed by atoms with Crippen LogP contribution in [-0.4, -0.2) is 47.4 Å². The lowest BCUT2D eigenvalue weighted by molar-refractivity contribution is -0.115. The van der Waals surface area contributed by atoms with Gasteiger partial charge in [0.1, 0.15) is 0 Å². The van der Waals surface area contributed by atoms with Gasteiger partial charge in [-0.3, -0.25) is 9.52 Å². The van der Waals surface area contributed by atoms with Crippen LogP contribution >= 0.6 is 12.4 Å². The summed E-state index contributed by atoms with van der Waals surface area (Å²) in [5.41, 5.74) is 1.05. The predicted octanol–water partition coefficient (Wildman–Crippen LogP) is 0.654. The molecular weight excluding hydrogens is 318 g/mol. The van der Waals surface area contributed by atoms with Crippen molar-refractivity contribution in [3.05, 3.63) is 24.3 Å². The number of anilines is 2. The largest absolute Gasteiger partial charge is 0.383 e. The van der Waals surface area contributed by atoms with Crippen LogP contribution in [0, 0.1) is 0 Å². The first-order chi connectivity index (χ1) is 9.40. The molecule has 0 heterocycles. The zero-order chi connectivity index (χ0) is 15.0. The van der Waals surface area contributed by atoms with Crippen molar-refractivity contribution >= 4 is 39.7 Å². The smallest absolute Gasteiger partial charge is 0.238 e. The summed E-state index contributed by atoms with van der Waals surface area (Å²) in [6.45, 7) is 1.33. The molecule has 0 saturated carbocycles. The Morgan fingerprint density at radius 2 is 1.76 bits per heavy atom. The van der Waals surface area contributed by atoms with Crippen molar-refractivity contribution in [3.63, 3.8) is 0 Å². The molecule has 0 aliphatic carbocycles. The molecule has 0 saturated heterocycles. The van der Waals surface area contributed by atoms with E-state index in [0.717, 1.165) is 6.26 Å². The van der Waals surface area contributed by atoms with Crippen LogP contribution < -0.4 is 15.4 Å². The Morgan fingerprint density at radius 1 is 1.19 bits per heavy atom. The topological polar surface area (TPSA) is 96.5 Å². The van der Waals surface area contributed by atoms with Gasteiger partial charge in [-0.25, -0.2) is 8.42 Å². The fourth-order valence-corrected chi connectivity index (χ4v) is 1.98. The minimum absolute atomic E-state index is 0. The highest BCUT2D eigenvalue weighted by atomic mass is 35.5. The van der Waals surface area contributed by atoms with E-state index in [1.165, 1.54) is 0 Å². The van der Waals surface area contributed by atoms with Crippen molar-refractivity contribution in [2.75, 3.05) is 43.1 Å². The van der Waals surface area contributed by atoms with E-state index in [1.807, 2.05) is 0 Å². The minimum Gasteiger partial charge on any atom is -0.383 e. The van der Waals surface area contributed by atoms with E-state index >= 15 is 0 Å². The molecule has 3 N–H and O–H groups in total. The molecule has 0 atom stereocenters. The van der Waals surface area contributed by atoms with Crippen molar-refractivity contribution < 1.29 is 17.9 Å². The highest BCUT2D eigenvalue weighted by molar-refractivity contribution is 7.92. The van der Waals surface area contributed by atoms with E-state index in [4.69, 9.17) is 4.74 Å². The fourth-order valence-electron chi connectivity index (χ4n) is 1.42. The average Bonchev–Trinajstić information content (AvgIpc) is 2.35. The number of hydrogen-bond acceptors (Lipinski definition) is 5. The van der Waals surface area contributed by atoms with E-state index in [1.54, 1.807) is 31.4 Å². The second-order valence-electron chi connectivity index (χ2n) is 4.17. The number of methoxy groups -OCH3 is 1. The van der Waals surface area contributed by atoms with Crippen LogP contribution in [-0.2, 0) is 19.6 Å². The van der Waals surface area contributed by atoms with Gasteiger partial charge in [-0.2, -0.15) is 0 Å². The third kappa shape index (κ3) is 9.24. The summed E-state index contributed by atoms with van der Waals surface area (Å²) in [4.78, 5) is 11.6. The normalized spacial score (nSPS) is 10.6. The zero-order valence-corrected chi connectivity index (χ0v) is 13.5. The van der Waals surface area contributed by atoms with Crippen LogP contribution in [0.15, 0.2) is 24.3 Å². The number of ether oxygens (including phenoxy) is 1. The molecule has 120 valence electrons. The van der Waals surface area contributed by atoms with Crippen LogP contribution in [0.5, 0.6) is 0 Å². The van der Waals surface area contributed by atoms with Gasteiger partial charge in [0.2, 0.25) is 15.9 Å². The second kappa shape index (κ2) is 9.56. The molecule has 21 heavy (non-hydrogen) atoms. The van der Waals surface area contributed by atoms with Crippen molar-refractivity contribution in [1.82, 2.24) is 5.32 Å². The molecule has 0 fully saturated rings. The number of benzene rings is 1. The maximum absolute atomic E-state index is 11.6. The average molecular weight is 338 g/mol. The van der Waals surface area contributed by atoms with Crippen LogP contribution in [0.2, 0.25) is 0 Å². The Bertz CT molecular complexity index is 534. The first-order valence-electron chi connectivity index (χ1n) is 5.98. The lowest BCUT2D eigenvalue weighted by atomic mass is 10.3. The summed E-state index contributed by atoms with van der Waals surface area (Å²) in [5, 5.41) is 5.61. The summed E-state index contributed by atoms with van der Waals surface area (Å²) >= 11 is 0. The molecule has 0 unspecified atom stereocenters. The van der Waals surface area contributed by atoms with E-state index in [2.05, 4.69) is 15.4 Å². The minimum atomic E-state index is -3.29. The first kappa shape index (κ1) is 19.7. The zero-order valence-electron chi connectivity index (χ0n) is 11.9. The van der Waals surface area contributed by atoms with Gasteiger partial charge in [0.05, 0.1) is 19.4 Å². The quantitative estimate of drug-likeness (QED) is 0.605. The third-order valence-corrected chi connectivity index (χ3v) is 2.85. The van der Waals surface area contributed by atoms with Crippen LogP contribution in [0.3, 0.4) is 0 Å². The summed E-state index contributed by atoms with van der Waals surface area (Å²) in [7, 11) is -1.70. The van der Waals surface area contributed by atoms with Gasteiger partial charge in [-0.15, -0.1) is 12.4 Å². The van der Waals surface area contributed by atoms with Crippen molar-refractivity contribution in [3.8, 4) is 0 Å². The fraction of sp³-hybridized carbons (Fsp3) is 0.417. The molecule has 7 nitrogen and oxygen atoms in total. The Balaban J connectivity index is 0.00000400. The molecule has 0 bridgehead atoms. The number of carbonyl (C=O) groups is 1. The molecule has 0 radical (unpaired) electrons. The van der Waals surface area contributed by atoms with Crippen molar-refractivity contribution in [1.29, 1.82) is 0 Å². The maximum atomic E-state index is 11.6. The van der Waals surface area contributed by atoms with Gasteiger partial charge in [0.15, 0.2) is 0 Å². The molecule has 0 aliphatic heterocycles. The van der Waals surface area contributed by atoms with Gasteiger partial charge in [0.25, 0.3) is 0 Å². The molecule has 0 spiro atoms. The van der Waals surface area contributed by atoms with Crippen LogP contribution in [0.25, 0.3) is 0 Å². The standard InChI is InChI=1S/C12H19N3O4S.ClH/c1-19-8-7-13-9-12(16)14-10-3-5-11(6-4-10)15-20(2,17)18;/h3-6,13,15H,7-9H2,1-2H3,(H,14,16);1H. The predicted molar refractivity (Wildman–Crippen MR) is 85.5 cm³/mol. The van der Waals surface area contributed by atoms with Gasteiger partial charge < -0.3 is 15.4 Å². The SMILES string of the molecule is COCCNCC(=O)Nc1ccc(NS(C)(=O)=O)cc1.Cl. The third-order valence-electron chi connectivity index (χ3n) is 2.24. The van der Waals surface area contributed by atoms with E-state index in [0.29, 0.717) is 24.5 Å². The summed E-state index contributed by atoms with van der Waals surface area (Å²) in [6.07, 6.45) is 1.08. The number of halogens is 1. The lowest BCUT2D eigenvalue weighted by Crippen LogP contribution is -2.30. The van der Waals surface area contributed by atoms with E-state index in [9.17, 15) is 13.2 Å². The summed E-state index contributed by atoms with van der Waals surface area (Å²) in [5.74, 6) is -0.176. The van der Waals surface area contributed by atoms with Gasteiger partial charge >= 0.3 is 0 Å². The molecule has 0 aliphatic rings. The monoisotopic (exact) mass is 337 g/mol. The molecule has 1 amide bonds. The molecular formula is C12H20ClN3O4S. The van der Waals surface area contributed by atoms with Gasteiger partial charge in [-0.1, -0.05) is 0 Å². The number of nitrogens with one attached hydrogen (secondary N) is 3. The van der Waals surface area contributed by atoms with Gasteiger partial charge in [-0.05, 0) is 24.3 Å². The molecule has 1 aromatic carbocycles. The second-order valence-corrected chi connectivity index (χ2v) is 5.92. The molecule has 1 aromatic rings. The van der Waals surface area contributed by atoms with Crippen molar-refractivity contribution in [2.45, 2.75) is 0 Å². The number of carbonyl (C=O) groups excluding carboxylic acids is 1. The highest BCUT2D eigenvalue weighted by Crippen LogP contribution is 2.14. The lowest BCUT2D eigenvalue weighted by Gasteiger charge is -2.08. The Hall–Kier alpha value is -1.35. The number of rotatable bonds is 8. The Morgan fingerprint density at radius 3 is 2.29 bits per heavy atom. The number of hydrogen-bond donors (Lipinski definition) is 3. The van der Waals surface area contributed by atoms with Gasteiger partial charge in [0, 0.05) is 25.0 Å². The van der Waals surface area contributed by atoms with Crippen LogP contribution in [0.1, 0.15) is 0 Å². The maximum Gasteiger partial charge on any atom is 0.238 e. The van der Waals surface area contributed by atoms with Crippen LogP contribution in [0.4, 0.5) is 11.4 Å². The Labute approximate surface area is 130 Å². The number of amides is 1.